The first-order valence-electron chi connectivity index (χ1n) is 12.2. The van der Waals surface area contributed by atoms with Crippen molar-refractivity contribution in [3.8, 4) is 11.3 Å². The lowest BCUT2D eigenvalue weighted by molar-refractivity contribution is 0.102. The van der Waals surface area contributed by atoms with E-state index in [2.05, 4.69) is 36.2 Å². The van der Waals surface area contributed by atoms with Gasteiger partial charge in [0.2, 0.25) is 5.95 Å². The Morgan fingerprint density at radius 1 is 1.11 bits per heavy atom. The number of carbonyl (C=O) groups is 1. The molecule has 3 heterocycles. The number of anilines is 3. The van der Waals surface area contributed by atoms with Crippen LogP contribution in [0, 0.1) is 6.92 Å². The molecule has 0 radical (unpaired) electrons. The molecule has 188 valence electrons. The summed E-state index contributed by atoms with van der Waals surface area (Å²) in [5.74, 6) is 0.158. The fourth-order valence-corrected chi connectivity index (χ4v) is 4.16. The Balaban J connectivity index is 1.25. The van der Waals surface area contributed by atoms with Gasteiger partial charge in [0.1, 0.15) is 0 Å². The quantitative estimate of drug-likeness (QED) is 0.260. The number of benzene rings is 2. The summed E-state index contributed by atoms with van der Waals surface area (Å²) in [5.41, 5.74) is 4.94. The van der Waals surface area contributed by atoms with Gasteiger partial charge in [0, 0.05) is 59.2 Å². The van der Waals surface area contributed by atoms with Gasteiger partial charge in [-0.3, -0.25) is 15.1 Å². The third-order valence-electron chi connectivity index (χ3n) is 6.26. The number of hydrogen-bond donors (Lipinski definition) is 4. The van der Waals surface area contributed by atoms with Crippen molar-refractivity contribution in [3.63, 3.8) is 0 Å². The molecule has 0 bridgehead atoms. The predicted molar refractivity (Wildman–Crippen MR) is 142 cm³/mol. The summed E-state index contributed by atoms with van der Waals surface area (Å²) in [6.07, 6.45) is 4.77. The van der Waals surface area contributed by atoms with Gasteiger partial charge in [-0.1, -0.05) is 18.2 Å². The van der Waals surface area contributed by atoms with E-state index in [1.165, 1.54) is 0 Å². The van der Waals surface area contributed by atoms with Crippen LogP contribution in [0.5, 0.6) is 0 Å². The summed E-state index contributed by atoms with van der Waals surface area (Å²) in [4.78, 5) is 25.9. The van der Waals surface area contributed by atoms with Crippen LogP contribution in [-0.2, 0) is 0 Å². The molecule has 8 nitrogen and oxygen atoms in total. The standard InChI is InChI=1S/C28H28FN7O/c1-18-4-9-22(15-25(18)36-28-32-14-11-24(35-28)21-3-2-12-30-16-21)34-27(37)20-7-5-19(6-8-20)26(29)33-23-10-13-31-17-23/h2-9,11-12,14-16,23,26,31,33H,10,13,17H2,1H3,(H,34,37)(H,32,35,36). The Morgan fingerprint density at radius 2 is 1.97 bits per heavy atom. The summed E-state index contributed by atoms with van der Waals surface area (Å²) < 4.78 is 14.6. The Morgan fingerprint density at radius 3 is 2.73 bits per heavy atom. The van der Waals surface area contributed by atoms with Crippen LogP contribution in [0.4, 0.5) is 21.7 Å². The summed E-state index contributed by atoms with van der Waals surface area (Å²) >= 11 is 0. The second kappa shape index (κ2) is 11.2. The van der Waals surface area contributed by atoms with E-state index in [1.54, 1.807) is 42.9 Å². The number of alkyl halides is 1. The second-order valence-electron chi connectivity index (χ2n) is 8.96. The molecule has 2 unspecified atom stereocenters. The molecule has 1 amide bonds. The van der Waals surface area contributed by atoms with E-state index in [0.717, 1.165) is 42.0 Å². The number of amides is 1. The molecular weight excluding hydrogens is 469 g/mol. The first-order chi connectivity index (χ1) is 18.0. The average molecular weight is 498 g/mol. The Bertz CT molecular complexity index is 1360. The van der Waals surface area contributed by atoms with Crippen LogP contribution >= 0.6 is 0 Å². The van der Waals surface area contributed by atoms with Gasteiger partial charge in [-0.15, -0.1) is 0 Å². The lowest BCUT2D eigenvalue weighted by Crippen LogP contribution is -2.32. The zero-order valence-electron chi connectivity index (χ0n) is 20.4. The van der Waals surface area contributed by atoms with E-state index in [4.69, 9.17) is 0 Å². The van der Waals surface area contributed by atoms with E-state index in [0.29, 0.717) is 22.8 Å². The number of hydrogen-bond acceptors (Lipinski definition) is 7. The molecule has 2 aromatic carbocycles. The Labute approximate surface area is 214 Å². The molecular formula is C28H28FN7O. The molecule has 1 saturated heterocycles. The maximum absolute atomic E-state index is 14.6. The van der Waals surface area contributed by atoms with Gasteiger partial charge in [0.15, 0.2) is 6.30 Å². The molecule has 4 aromatic rings. The Kier molecular flexibility index (Phi) is 7.43. The van der Waals surface area contributed by atoms with Crippen molar-refractivity contribution < 1.29 is 9.18 Å². The minimum absolute atomic E-state index is 0.116. The summed E-state index contributed by atoms with van der Waals surface area (Å²) in [5, 5.41) is 12.3. The second-order valence-corrected chi connectivity index (χ2v) is 8.96. The van der Waals surface area contributed by atoms with Gasteiger partial charge in [-0.05, 0) is 67.9 Å². The van der Waals surface area contributed by atoms with Gasteiger partial charge in [0.05, 0.1) is 5.69 Å². The average Bonchev–Trinajstić information content (AvgIpc) is 3.44. The van der Waals surface area contributed by atoms with Gasteiger partial charge in [0.25, 0.3) is 5.91 Å². The SMILES string of the molecule is Cc1ccc(NC(=O)c2ccc(C(F)NC3CCNC3)cc2)cc1Nc1nccc(-c2cccnc2)n1. The first kappa shape index (κ1) is 24.5. The minimum Gasteiger partial charge on any atom is -0.324 e. The number of nitrogens with one attached hydrogen (secondary N) is 4. The molecule has 37 heavy (non-hydrogen) atoms. The lowest BCUT2D eigenvalue weighted by atomic mass is 10.1. The topological polar surface area (TPSA) is 104 Å². The molecule has 1 aliphatic heterocycles. The van der Waals surface area contributed by atoms with Crippen LogP contribution in [0.2, 0.25) is 0 Å². The van der Waals surface area contributed by atoms with Crippen molar-refractivity contribution in [3.05, 3.63) is 95.9 Å². The molecule has 2 aromatic heterocycles. The summed E-state index contributed by atoms with van der Waals surface area (Å²) in [6, 6.07) is 17.9. The third-order valence-corrected chi connectivity index (χ3v) is 6.26. The maximum Gasteiger partial charge on any atom is 0.255 e. The third kappa shape index (κ3) is 6.14. The van der Waals surface area contributed by atoms with Crippen molar-refractivity contribution in [2.75, 3.05) is 23.7 Å². The van der Waals surface area contributed by atoms with Crippen molar-refractivity contribution in [2.24, 2.45) is 0 Å². The highest BCUT2D eigenvalue weighted by molar-refractivity contribution is 6.04. The minimum atomic E-state index is -1.27. The van der Waals surface area contributed by atoms with Gasteiger partial charge < -0.3 is 16.0 Å². The summed E-state index contributed by atoms with van der Waals surface area (Å²) in [6.45, 7) is 3.61. The highest BCUT2D eigenvalue weighted by Crippen LogP contribution is 2.25. The zero-order valence-corrected chi connectivity index (χ0v) is 20.4. The normalized spacial score (nSPS) is 15.8. The van der Waals surface area contributed by atoms with Crippen LogP contribution in [-0.4, -0.2) is 40.0 Å². The van der Waals surface area contributed by atoms with Crippen LogP contribution in [0.1, 0.15) is 34.2 Å². The maximum atomic E-state index is 14.6. The van der Waals surface area contributed by atoms with Crippen LogP contribution in [0.3, 0.4) is 0 Å². The smallest absolute Gasteiger partial charge is 0.255 e. The molecule has 5 rings (SSSR count). The fraction of sp³-hybridized carbons (Fsp3) is 0.214. The van der Waals surface area contributed by atoms with Crippen molar-refractivity contribution in [1.82, 2.24) is 25.6 Å². The zero-order chi connectivity index (χ0) is 25.6. The molecule has 0 aliphatic carbocycles. The van der Waals surface area contributed by atoms with E-state index < -0.39 is 6.30 Å². The highest BCUT2D eigenvalue weighted by atomic mass is 19.1. The summed E-state index contributed by atoms with van der Waals surface area (Å²) in [7, 11) is 0. The lowest BCUT2D eigenvalue weighted by Gasteiger charge is -2.16. The van der Waals surface area contributed by atoms with Crippen LogP contribution < -0.4 is 21.3 Å². The molecule has 4 N–H and O–H groups in total. The number of rotatable bonds is 8. The van der Waals surface area contributed by atoms with Crippen LogP contribution in [0.25, 0.3) is 11.3 Å². The molecule has 1 fully saturated rings. The number of pyridine rings is 1. The van der Waals surface area contributed by atoms with Gasteiger partial charge in [-0.25, -0.2) is 14.4 Å². The number of aryl methyl sites for hydroxylation is 1. The van der Waals surface area contributed by atoms with E-state index >= 15 is 0 Å². The van der Waals surface area contributed by atoms with Crippen molar-refractivity contribution in [1.29, 1.82) is 0 Å². The van der Waals surface area contributed by atoms with E-state index in [1.807, 2.05) is 43.3 Å². The molecule has 0 saturated carbocycles. The van der Waals surface area contributed by atoms with Crippen molar-refractivity contribution >= 4 is 23.2 Å². The Hall–Kier alpha value is -4.21. The number of carbonyl (C=O) groups excluding carboxylic acids is 1. The highest BCUT2D eigenvalue weighted by Gasteiger charge is 2.19. The first-order valence-corrected chi connectivity index (χ1v) is 12.2. The molecule has 0 spiro atoms. The fourth-order valence-electron chi connectivity index (χ4n) is 4.16. The molecule has 1 aliphatic rings. The van der Waals surface area contributed by atoms with E-state index in [-0.39, 0.29) is 11.9 Å². The molecule has 2 atom stereocenters. The van der Waals surface area contributed by atoms with E-state index in [9.17, 15) is 9.18 Å². The predicted octanol–water partition coefficient (Wildman–Crippen LogP) is 4.76. The van der Waals surface area contributed by atoms with Crippen LogP contribution in [0.15, 0.2) is 79.3 Å². The largest absolute Gasteiger partial charge is 0.324 e. The number of halogens is 1. The molecule has 9 heteroatoms. The van der Waals surface area contributed by atoms with Crippen molar-refractivity contribution in [2.45, 2.75) is 25.7 Å². The monoisotopic (exact) mass is 497 g/mol. The number of aromatic nitrogens is 3. The van der Waals surface area contributed by atoms with Gasteiger partial charge in [-0.2, -0.15) is 0 Å². The van der Waals surface area contributed by atoms with Gasteiger partial charge >= 0.3 is 0 Å². The number of nitrogens with zero attached hydrogens (tertiary/aromatic N) is 3.